The Bertz CT molecular complexity index is 1390. The monoisotopic (exact) mass is 464 g/mol. The van der Waals surface area contributed by atoms with E-state index in [9.17, 15) is 14.7 Å². The molecular formula is C22H16N4O6S. The van der Waals surface area contributed by atoms with E-state index in [1.54, 1.807) is 6.92 Å². The number of carboxylic acid groups (broad SMARTS) is 1. The minimum atomic E-state index is -1.08. The van der Waals surface area contributed by atoms with Gasteiger partial charge in [0, 0.05) is 10.8 Å². The molecular weight excluding hydrogens is 448 g/mol. The van der Waals surface area contributed by atoms with Crippen LogP contribution in [-0.4, -0.2) is 31.5 Å². The molecule has 0 radical (unpaired) electrons. The SMILES string of the molecule is Cc1snc(C#Cc2nc3oc(C4(C(=O)O)CC4)nc3o2)c1NC(=O)OCc1ccccc1. The van der Waals surface area contributed by atoms with Crippen LogP contribution >= 0.6 is 11.5 Å². The van der Waals surface area contributed by atoms with Crippen molar-refractivity contribution < 1.29 is 28.3 Å². The van der Waals surface area contributed by atoms with Gasteiger partial charge in [-0.25, -0.2) is 4.79 Å². The number of carbonyl (C=O) groups is 2. The Kier molecular flexibility index (Phi) is 5.07. The van der Waals surface area contributed by atoms with E-state index in [1.807, 2.05) is 30.3 Å². The molecule has 1 aromatic carbocycles. The highest BCUT2D eigenvalue weighted by Gasteiger charge is 2.56. The van der Waals surface area contributed by atoms with Crippen molar-refractivity contribution in [2.75, 3.05) is 5.32 Å². The van der Waals surface area contributed by atoms with Crippen LogP contribution in [0.4, 0.5) is 10.5 Å². The standard InChI is InChI=1S/C22H16N4O6S/c1-12-16(24-21(29)30-11-13-5-3-2-4-6-13)14(26-33-12)7-8-15-23-17-18(31-15)25-19(32-17)22(9-10-22)20(27)28/h2-6H,9-11H2,1H3,(H,24,29)(H,27,28). The number of nitrogens with one attached hydrogen (secondary N) is 1. The number of fused-ring (bicyclic) bond motifs is 1. The number of aryl methyl sites for hydroxylation is 1. The number of amides is 1. The zero-order chi connectivity index (χ0) is 23.0. The maximum atomic E-state index is 12.2. The molecule has 0 saturated heterocycles. The Morgan fingerprint density at radius 1 is 1.18 bits per heavy atom. The lowest BCUT2D eigenvalue weighted by atomic mass is 10.1. The van der Waals surface area contributed by atoms with E-state index < -0.39 is 17.5 Å². The second kappa shape index (κ2) is 8.07. The maximum Gasteiger partial charge on any atom is 0.412 e. The molecule has 1 aliphatic carbocycles. The number of rotatable bonds is 5. The van der Waals surface area contributed by atoms with Gasteiger partial charge in [-0.05, 0) is 42.8 Å². The fourth-order valence-corrected chi connectivity index (χ4v) is 3.73. The molecule has 1 amide bonds. The van der Waals surface area contributed by atoms with Gasteiger partial charge in [-0.2, -0.15) is 14.3 Å². The molecule has 0 unspecified atom stereocenters. The third-order valence-electron chi connectivity index (χ3n) is 5.13. The molecule has 1 fully saturated rings. The van der Waals surface area contributed by atoms with Crippen LogP contribution in [0.15, 0.2) is 39.2 Å². The van der Waals surface area contributed by atoms with Gasteiger partial charge in [-0.15, -0.1) is 0 Å². The van der Waals surface area contributed by atoms with Gasteiger partial charge in [-0.3, -0.25) is 10.1 Å². The van der Waals surface area contributed by atoms with Crippen molar-refractivity contribution in [1.82, 2.24) is 14.3 Å². The summed E-state index contributed by atoms with van der Waals surface area (Å²) in [6, 6.07) is 9.33. The Morgan fingerprint density at radius 3 is 2.64 bits per heavy atom. The first-order valence-corrected chi connectivity index (χ1v) is 10.7. The summed E-state index contributed by atoms with van der Waals surface area (Å²) < 4.78 is 20.4. The van der Waals surface area contributed by atoms with E-state index in [2.05, 4.69) is 31.5 Å². The van der Waals surface area contributed by atoms with Crippen LogP contribution < -0.4 is 5.32 Å². The van der Waals surface area contributed by atoms with Gasteiger partial charge in [0.25, 0.3) is 17.3 Å². The number of carboxylic acids is 1. The number of anilines is 1. The summed E-state index contributed by atoms with van der Waals surface area (Å²) in [5, 5.41) is 12.0. The molecule has 166 valence electrons. The number of oxazole rings is 2. The maximum absolute atomic E-state index is 12.2. The highest BCUT2D eigenvalue weighted by molar-refractivity contribution is 7.06. The summed E-state index contributed by atoms with van der Waals surface area (Å²) in [6.45, 7) is 1.94. The molecule has 1 aliphatic rings. The van der Waals surface area contributed by atoms with Gasteiger partial charge >= 0.3 is 12.1 Å². The smallest absolute Gasteiger partial charge is 0.412 e. The lowest BCUT2D eigenvalue weighted by Gasteiger charge is -2.06. The zero-order valence-corrected chi connectivity index (χ0v) is 18.1. The number of hydrogen-bond acceptors (Lipinski definition) is 9. The quantitative estimate of drug-likeness (QED) is 0.421. The second-order valence-corrected chi connectivity index (χ2v) is 8.41. The first kappa shape index (κ1) is 20.7. The molecule has 3 aromatic heterocycles. The van der Waals surface area contributed by atoms with Crippen LogP contribution in [0, 0.1) is 18.8 Å². The highest BCUT2D eigenvalue weighted by Crippen LogP contribution is 2.48. The predicted molar refractivity (Wildman–Crippen MR) is 116 cm³/mol. The summed E-state index contributed by atoms with van der Waals surface area (Å²) in [6.07, 6.45) is 0.304. The van der Waals surface area contributed by atoms with Crippen molar-refractivity contribution in [3.63, 3.8) is 0 Å². The van der Waals surface area contributed by atoms with Crippen LogP contribution in [0.1, 0.15) is 40.8 Å². The lowest BCUT2D eigenvalue weighted by molar-refractivity contribution is -0.140. The molecule has 2 N–H and O–H groups in total. The number of carbonyl (C=O) groups excluding carboxylic acids is 1. The molecule has 33 heavy (non-hydrogen) atoms. The van der Waals surface area contributed by atoms with Crippen LogP contribution in [0.2, 0.25) is 0 Å². The summed E-state index contributed by atoms with van der Waals surface area (Å²) in [7, 11) is 0. The highest BCUT2D eigenvalue weighted by atomic mass is 32.1. The topological polar surface area (TPSA) is 141 Å². The predicted octanol–water partition coefficient (Wildman–Crippen LogP) is 3.85. The lowest BCUT2D eigenvalue weighted by Crippen LogP contribution is -2.19. The Hall–Kier alpha value is -4.17. The van der Waals surface area contributed by atoms with Crippen molar-refractivity contribution >= 4 is 40.7 Å². The van der Waals surface area contributed by atoms with Gasteiger partial charge < -0.3 is 18.7 Å². The number of ether oxygens (including phenoxy) is 1. The van der Waals surface area contributed by atoms with E-state index in [-0.39, 0.29) is 29.8 Å². The van der Waals surface area contributed by atoms with Crippen molar-refractivity contribution in [1.29, 1.82) is 0 Å². The molecule has 0 spiro atoms. The average molecular weight is 464 g/mol. The van der Waals surface area contributed by atoms with Gasteiger partial charge in [-0.1, -0.05) is 30.3 Å². The third kappa shape index (κ3) is 4.04. The van der Waals surface area contributed by atoms with Gasteiger partial charge in [0.2, 0.25) is 5.89 Å². The molecule has 0 atom stereocenters. The van der Waals surface area contributed by atoms with E-state index in [0.717, 1.165) is 10.4 Å². The molecule has 0 bridgehead atoms. The molecule has 1 saturated carbocycles. The van der Waals surface area contributed by atoms with E-state index in [0.29, 0.717) is 24.2 Å². The molecule has 10 nitrogen and oxygen atoms in total. The third-order valence-corrected chi connectivity index (χ3v) is 5.89. The molecule has 5 rings (SSSR count). The fourth-order valence-electron chi connectivity index (χ4n) is 3.12. The van der Waals surface area contributed by atoms with Crippen molar-refractivity contribution in [2.24, 2.45) is 0 Å². The minimum Gasteiger partial charge on any atom is -0.480 e. The number of aromatic nitrogens is 3. The van der Waals surface area contributed by atoms with Crippen molar-refractivity contribution in [2.45, 2.75) is 31.8 Å². The van der Waals surface area contributed by atoms with Gasteiger partial charge in [0.1, 0.15) is 12.0 Å². The molecule has 4 aromatic rings. The molecule has 3 heterocycles. The van der Waals surface area contributed by atoms with Gasteiger partial charge in [0.05, 0.1) is 5.69 Å². The number of benzene rings is 1. The molecule has 0 aliphatic heterocycles. The zero-order valence-electron chi connectivity index (χ0n) is 17.2. The average Bonchev–Trinajstić information content (AvgIpc) is 3.24. The van der Waals surface area contributed by atoms with Crippen molar-refractivity contribution in [3.8, 4) is 11.8 Å². The first-order valence-electron chi connectivity index (χ1n) is 9.92. The van der Waals surface area contributed by atoms with E-state index in [1.165, 1.54) is 11.5 Å². The number of hydrogen-bond donors (Lipinski definition) is 2. The summed E-state index contributed by atoms with van der Waals surface area (Å²) in [4.78, 5) is 32.6. The van der Waals surface area contributed by atoms with E-state index in [4.69, 9.17) is 13.6 Å². The first-order chi connectivity index (χ1) is 15.9. The Balaban J connectivity index is 1.29. The Morgan fingerprint density at radius 2 is 1.94 bits per heavy atom. The van der Waals surface area contributed by atoms with E-state index >= 15 is 0 Å². The van der Waals surface area contributed by atoms with Crippen molar-refractivity contribution in [3.05, 3.63) is 58.2 Å². The molecule has 11 heteroatoms. The minimum absolute atomic E-state index is 0.0335. The van der Waals surface area contributed by atoms with Gasteiger partial charge in [0.15, 0.2) is 5.69 Å². The van der Waals surface area contributed by atoms with Crippen LogP contribution in [0.5, 0.6) is 0 Å². The number of nitrogens with zero attached hydrogens (tertiary/aromatic N) is 3. The largest absolute Gasteiger partial charge is 0.480 e. The van der Waals surface area contributed by atoms with Crippen LogP contribution in [-0.2, 0) is 21.6 Å². The van der Waals surface area contributed by atoms with Crippen LogP contribution in [0.25, 0.3) is 11.4 Å². The number of aliphatic carboxylic acids is 1. The summed E-state index contributed by atoms with van der Waals surface area (Å²) in [5.41, 5.74) is 0.730. The van der Waals surface area contributed by atoms with Crippen LogP contribution in [0.3, 0.4) is 0 Å². The normalized spacial score (nSPS) is 13.8. The summed E-state index contributed by atoms with van der Waals surface area (Å²) in [5.74, 6) is 4.68. The summed E-state index contributed by atoms with van der Waals surface area (Å²) >= 11 is 1.18. The fraction of sp³-hybridized carbons (Fsp3) is 0.227. The Labute approximate surface area is 190 Å². The second-order valence-electron chi connectivity index (χ2n) is 7.43.